The molecule has 1 N–H and O–H groups in total. The van der Waals surface area contributed by atoms with Crippen LogP contribution in [0.1, 0.15) is 35.7 Å². The van der Waals surface area contributed by atoms with E-state index in [1.807, 2.05) is 19.1 Å². The molecular weight excluding hydrogens is 417 g/mol. The Balaban J connectivity index is 1.57. The predicted octanol–water partition coefficient (Wildman–Crippen LogP) is 3.94. The number of nitrogens with one attached hydrogen (secondary N) is 1. The number of halogens is 1. The van der Waals surface area contributed by atoms with E-state index in [0.717, 1.165) is 29.6 Å². The topological polar surface area (TPSA) is 88.1 Å². The van der Waals surface area contributed by atoms with Crippen molar-refractivity contribution in [2.24, 2.45) is 0 Å². The lowest BCUT2D eigenvalue weighted by Crippen LogP contribution is -2.39. The molecule has 1 saturated heterocycles. The van der Waals surface area contributed by atoms with Crippen LogP contribution in [0, 0.1) is 19.7 Å². The summed E-state index contributed by atoms with van der Waals surface area (Å²) in [5.41, 5.74) is 2.89. The third kappa shape index (κ3) is 4.72. The lowest BCUT2D eigenvalue weighted by atomic mass is 9.95. The van der Waals surface area contributed by atoms with Gasteiger partial charge >= 0.3 is 0 Å². The Bertz CT molecular complexity index is 1190. The zero-order valence-electron chi connectivity index (χ0n) is 17.4. The number of piperidine rings is 1. The van der Waals surface area contributed by atoms with E-state index in [1.54, 1.807) is 25.5 Å². The van der Waals surface area contributed by atoms with Gasteiger partial charge in [-0.25, -0.2) is 17.8 Å². The van der Waals surface area contributed by atoms with E-state index in [1.165, 1.54) is 16.4 Å². The molecule has 1 unspecified atom stereocenters. The largest absolute Gasteiger partial charge is 0.339 e. The molecule has 2 aromatic heterocycles. The number of aromatic nitrogens is 3. The van der Waals surface area contributed by atoms with Gasteiger partial charge in [-0.3, -0.25) is 9.97 Å². The SMILES string of the molecule is Cc1cc(Nc2cnccn2)cc(C2CCCN(S(=O)(=O)c3ccc(C)c(F)c3)C2)n1. The van der Waals surface area contributed by atoms with Crippen molar-refractivity contribution in [2.45, 2.75) is 37.5 Å². The van der Waals surface area contributed by atoms with Crippen LogP contribution >= 0.6 is 0 Å². The van der Waals surface area contributed by atoms with Gasteiger partial charge in [0, 0.05) is 48.5 Å². The lowest BCUT2D eigenvalue weighted by Gasteiger charge is -2.32. The minimum atomic E-state index is -3.78. The van der Waals surface area contributed by atoms with E-state index in [2.05, 4.69) is 20.3 Å². The second-order valence-corrected chi connectivity index (χ2v) is 9.69. The van der Waals surface area contributed by atoms with Gasteiger partial charge in [0.05, 0.1) is 11.1 Å². The van der Waals surface area contributed by atoms with Gasteiger partial charge in [-0.05, 0) is 56.5 Å². The molecule has 1 aliphatic heterocycles. The monoisotopic (exact) mass is 441 g/mol. The summed E-state index contributed by atoms with van der Waals surface area (Å²) in [5, 5.41) is 3.22. The molecular formula is C22H24FN5O2S. The molecule has 0 saturated carbocycles. The summed E-state index contributed by atoms with van der Waals surface area (Å²) in [6.07, 6.45) is 6.38. The van der Waals surface area contributed by atoms with Crippen LogP contribution in [0.25, 0.3) is 0 Å². The molecule has 0 bridgehead atoms. The highest BCUT2D eigenvalue weighted by molar-refractivity contribution is 7.89. The molecule has 3 aromatic rings. The summed E-state index contributed by atoms with van der Waals surface area (Å²) < 4.78 is 41.6. The van der Waals surface area contributed by atoms with Crippen LogP contribution in [0.15, 0.2) is 53.8 Å². The van der Waals surface area contributed by atoms with Crippen molar-refractivity contribution in [2.75, 3.05) is 18.4 Å². The highest BCUT2D eigenvalue weighted by Gasteiger charge is 2.32. The van der Waals surface area contributed by atoms with Crippen LogP contribution in [-0.2, 0) is 10.0 Å². The molecule has 0 aliphatic carbocycles. The van der Waals surface area contributed by atoms with Crippen LogP contribution in [0.3, 0.4) is 0 Å². The molecule has 0 radical (unpaired) electrons. The Morgan fingerprint density at radius 1 is 1.16 bits per heavy atom. The number of rotatable bonds is 5. The first-order valence-corrected chi connectivity index (χ1v) is 11.5. The zero-order chi connectivity index (χ0) is 22.0. The van der Waals surface area contributed by atoms with Crippen molar-refractivity contribution in [1.82, 2.24) is 19.3 Å². The van der Waals surface area contributed by atoms with Crippen molar-refractivity contribution in [3.63, 3.8) is 0 Å². The number of benzene rings is 1. The van der Waals surface area contributed by atoms with Gasteiger partial charge in [-0.1, -0.05) is 6.07 Å². The molecule has 9 heteroatoms. The summed E-state index contributed by atoms with van der Waals surface area (Å²) in [6, 6.07) is 7.89. The van der Waals surface area contributed by atoms with Crippen molar-refractivity contribution in [1.29, 1.82) is 0 Å². The highest BCUT2D eigenvalue weighted by atomic mass is 32.2. The van der Waals surface area contributed by atoms with Crippen molar-refractivity contribution in [3.05, 3.63) is 71.7 Å². The Labute approximate surface area is 181 Å². The first kappa shape index (κ1) is 21.3. The third-order valence-corrected chi connectivity index (χ3v) is 7.25. The van der Waals surface area contributed by atoms with E-state index in [-0.39, 0.29) is 10.8 Å². The second kappa shape index (κ2) is 8.68. The van der Waals surface area contributed by atoms with E-state index < -0.39 is 15.8 Å². The summed E-state index contributed by atoms with van der Waals surface area (Å²) >= 11 is 0. The molecule has 3 heterocycles. The van der Waals surface area contributed by atoms with Crippen molar-refractivity contribution >= 4 is 21.5 Å². The molecule has 0 spiro atoms. The standard InChI is InChI=1S/C22H24FN5O2S/c1-15-5-6-19(12-20(15)23)31(29,30)28-9-3-4-17(14-28)21-11-18(10-16(2)26-21)27-22-13-24-7-8-25-22/h5-8,10-13,17H,3-4,9,14H2,1-2H3,(H,25,26,27). The van der Waals surface area contributed by atoms with Gasteiger partial charge in [0.25, 0.3) is 0 Å². The Kier molecular flexibility index (Phi) is 5.97. The van der Waals surface area contributed by atoms with E-state index in [9.17, 15) is 12.8 Å². The fraction of sp³-hybridized carbons (Fsp3) is 0.318. The zero-order valence-corrected chi connectivity index (χ0v) is 18.2. The maximum absolute atomic E-state index is 14.0. The predicted molar refractivity (Wildman–Crippen MR) is 116 cm³/mol. The number of sulfonamides is 1. The Morgan fingerprint density at radius 3 is 2.74 bits per heavy atom. The van der Waals surface area contributed by atoms with Crippen molar-refractivity contribution in [3.8, 4) is 0 Å². The van der Waals surface area contributed by atoms with Crippen LogP contribution in [0.5, 0.6) is 0 Å². The van der Waals surface area contributed by atoms with Gasteiger partial charge in [-0.15, -0.1) is 0 Å². The maximum Gasteiger partial charge on any atom is 0.243 e. The fourth-order valence-electron chi connectivity index (χ4n) is 3.77. The smallest absolute Gasteiger partial charge is 0.243 e. The van der Waals surface area contributed by atoms with Gasteiger partial charge in [-0.2, -0.15) is 4.31 Å². The van der Waals surface area contributed by atoms with E-state index in [4.69, 9.17) is 0 Å². The molecule has 1 fully saturated rings. The number of hydrogen-bond donors (Lipinski definition) is 1. The normalized spacial score (nSPS) is 17.5. The summed E-state index contributed by atoms with van der Waals surface area (Å²) in [4.78, 5) is 12.9. The quantitative estimate of drug-likeness (QED) is 0.645. The number of pyridine rings is 1. The maximum atomic E-state index is 14.0. The number of hydrogen-bond acceptors (Lipinski definition) is 6. The van der Waals surface area contributed by atoms with Crippen LogP contribution in [0.2, 0.25) is 0 Å². The molecule has 1 aromatic carbocycles. The molecule has 162 valence electrons. The summed E-state index contributed by atoms with van der Waals surface area (Å²) in [6.45, 7) is 4.22. The molecule has 7 nitrogen and oxygen atoms in total. The Morgan fingerprint density at radius 2 is 2.00 bits per heavy atom. The lowest BCUT2D eigenvalue weighted by molar-refractivity contribution is 0.312. The van der Waals surface area contributed by atoms with E-state index in [0.29, 0.717) is 30.9 Å². The number of aryl methyl sites for hydroxylation is 2. The average molecular weight is 442 g/mol. The number of nitrogens with zero attached hydrogens (tertiary/aromatic N) is 4. The van der Waals surface area contributed by atoms with Crippen LogP contribution in [0.4, 0.5) is 15.9 Å². The van der Waals surface area contributed by atoms with Gasteiger partial charge in [0.15, 0.2) is 0 Å². The summed E-state index contributed by atoms with van der Waals surface area (Å²) in [5.74, 6) is 0.0455. The van der Waals surface area contributed by atoms with Gasteiger partial charge in [0.1, 0.15) is 11.6 Å². The number of anilines is 2. The minimum absolute atomic E-state index is 0.0153. The molecule has 1 aliphatic rings. The molecule has 1 atom stereocenters. The highest BCUT2D eigenvalue weighted by Crippen LogP contribution is 2.31. The minimum Gasteiger partial charge on any atom is -0.339 e. The van der Waals surface area contributed by atoms with Crippen molar-refractivity contribution < 1.29 is 12.8 Å². The second-order valence-electron chi connectivity index (χ2n) is 7.75. The fourth-order valence-corrected chi connectivity index (χ4v) is 5.31. The van der Waals surface area contributed by atoms with Crippen LogP contribution < -0.4 is 5.32 Å². The van der Waals surface area contributed by atoms with E-state index >= 15 is 0 Å². The average Bonchev–Trinajstić information content (AvgIpc) is 2.76. The Hall–Kier alpha value is -2.91. The first-order valence-electron chi connectivity index (χ1n) is 10.1. The molecule has 4 rings (SSSR count). The third-order valence-electron chi connectivity index (χ3n) is 5.39. The molecule has 31 heavy (non-hydrogen) atoms. The summed E-state index contributed by atoms with van der Waals surface area (Å²) in [7, 11) is -3.78. The first-order chi connectivity index (χ1) is 14.8. The molecule has 0 amide bonds. The van der Waals surface area contributed by atoms with Gasteiger partial charge in [0.2, 0.25) is 10.0 Å². The van der Waals surface area contributed by atoms with Gasteiger partial charge < -0.3 is 5.32 Å². The van der Waals surface area contributed by atoms with Crippen LogP contribution in [-0.4, -0.2) is 40.8 Å².